The van der Waals surface area contributed by atoms with Crippen LogP contribution in [0.25, 0.3) is 10.1 Å². The van der Waals surface area contributed by atoms with Crippen molar-refractivity contribution in [2.75, 3.05) is 50.8 Å². The zero-order valence-electron chi connectivity index (χ0n) is 14.3. The van der Waals surface area contributed by atoms with Crippen molar-refractivity contribution in [3.8, 4) is 0 Å². The van der Waals surface area contributed by atoms with Gasteiger partial charge in [0.2, 0.25) is 0 Å². The highest BCUT2D eigenvalue weighted by Gasteiger charge is 2.22. The fraction of sp³-hybridized carbons (Fsp3) is 0.556. The molecule has 1 unspecified atom stereocenters. The molecule has 0 bridgehead atoms. The van der Waals surface area contributed by atoms with Crippen LogP contribution in [-0.4, -0.2) is 66.8 Å². The third kappa shape index (κ3) is 4.68. The number of anilines is 1. The normalized spacial score (nSPS) is 21.1. The summed E-state index contributed by atoms with van der Waals surface area (Å²) in [5.41, 5.74) is 0. The number of aromatic nitrogens is 1. The van der Waals surface area contributed by atoms with Crippen LogP contribution >= 0.6 is 11.5 Å². The topological polar surface area (TPSA) is 65.9 Å². The summed E-state index contributed by atoms with van der Waals surface area (Å²) in [5.74, 6) is 1.98. The minimum atomic E-state index is -0.250. The first-order valence-electron chi connectivity index (χ1n) is 8.79. The lowest BCUT2D eigenvalue weighted by Gasteiger charge is -2.35. The Labute approximate surface area is 152 Å². The van der Waals surface area contributed by atoms with Crippen LogP contribution in [0.3, 0.4) is 0 Å². The molecule has 2 aliphatic heterocycles. The van der Waals surface area contributed by atoms with Gasteiger partial charge >= 0.3 is 0 Å². The van der Waals surface area contributed by atoms with E-state index in [4.69, 9.17) is 14.6 Å². The second-order valence-corrected chi connectivity index (χ2v) is 7.26. The van der Waals surface area contributed by atoms with Gasteiger partial charge in [-0.1, -0.05) is 12.1 Å². The highest BCUT2D eigenvalue weighted by atomic mass is 32.1. The fourth-order valence-electron chi connectivity index (χ4n) is 3.46. The maximum Gasteiger partial charge on any atom is 0.290 e. The summed E-state index contributed by atoms with van der Waals surface area (Å²) in [4.78, 5) is 13.4. The molecule has 0 radical (unpaired) electrons. The first-order chi connectivity index (χ1) is 12.3. The van der Waals surface area contributed by atoms with E-state index in [1.54, 1.807) is 11.5 Å². The number of piperazine rings is 1. The molecule has 0 amide bonds. The van der Waals surface area contributed by atoms with Crippen LogP contribution in [0.1, 0.15) is 12.8 Å². The highest BCUT2D eigenvalue weighted by molar-refractivity contribution is 7.13. The van der Waals surface area contributed by atoms with Gasteiger partial charge in [-0.05, 0) is 49.0 Å². The van der Waals surface area contributed by atoms with Crippen molar-refractivity contribution in [2.24, 2.45) is 5.92 Å². The summed E-state index contributed by atoms with van der Waals surface area (Å²) in [6.45, 7) is 7.41. The van der Waals surface area contributed by atoms with Crippen LogP contribution in [0.15, 0.2) is 24.3 Å². The van der Waals surface area contributed by atoms with E-state index in [1.165, 1.54) is 35.3 Å². The van der Waals surface area contributed by atoms with Crippen molar-refractivity contribution in [1.82, 2.24) is 9.27 Å². The number of nitrogens with zero attached hydrogens (tertiary/aromatic N) is 3. The number of ether oxygens (including phenoxy) is 1. The van der Waals surface area contributed by atoms with Crippen LogP contribution in [0.2, 0.25) is 0 Å². The summed E-state index contributed by atoms with van der Waals surface area (Å²) in [6.07, 6.45) is 2.55. The van der Waals surface area contributed by atoms with E-state index in [2.05, 4.69) is 38.4 Å². The molecule has 7 heteroatoms. The number of carbonyl (C=O) groups is 1. The van der Waals surface area contributed by atoms with E-state index in [1.807, 2.05) is 0 Å². The number of carboxylic acid groups (broad SMARTS) is 1. The Morgan fingerprint density at radius 1 is 1.28 bits per heavy atom. The molecular weight excluding hydrogens is 338 g/mol. The lowest BCUT2D eigenvalue weighted by Crippen LogP contribution is -2.47. The molecule has 2 aliphatic rings. The Morgan fingerprint density at radius 3 is 2.76 bits per heavy atom. The zero-order valence-corrected chi connectivity index (χ0v) is 15.2. The SMILES string of the molecule is O=CO.c1ccc2c(N3CCN(CCC4CCOC4)CC3)nsc2c1. The average Bonchev–Trinajstić information content (AvgIpc) is 3.31. The van der Waals surface area contributed by atoms with Crippen molar-refractivity contribution in [1.29, 1.82) is 0 Å². The highest BCUT2D eigenvalue weighted by Crippen LogP contribution is 2.29. The Kier molecular flexibility index (Phi) is 6.61. The van der Waals surface area contributed by atoms with E-state index in [0.717, 1.165) is 45.3 Å². The summed E-state index contributed by atoms with van der Waals surface area (Å²) in [6, 6.07) is 8.56. The van der Waals surface area contributed by atoms with Gasteiger partial charge in [0.1, 0.15) is 5.82 Å². The third-order valence-electron chi connectivity index (χ3n) is 4.91. The maximum absolute atomic E-state index is 8.36. The van der Waals surface area contributed by atoms with E-state index < -0.39 is 0 Å². The summed E-state index contributed by atoms with van der Waals surface area (Å²) in [5, 5.41) is 8.20. The Hall–Kier alpha value is -1.70. The van der Waals surface area contributed by atoms with Crippen LogP contribution in [0.5, 0.6) is 0 Å². The lowest BCUT2D eigenvalue weighted by molar-refractivity contribution is -0.122. The maximum atomic E-state index is 8.36. The van der Waals surface area contributed by atoms with Gasteiger partial charge in [-0.25, -0.2) is 0 Å². The van der Waals surface area contributed by atoms with Crippen molar-refractivity contribution in [2.45, 2.75) is 12.8 Å². The van der Waals surface area contributed by atoms with Crippen LogP contribution < -0.4 is 4.90 Å². The van der Waals surface area contributed by atoms with E-state index in [9.17, 15) is 0 Å². The van der Waals surface area contributed by atoms with Crippen LogP contribution in [-0.2, 0) is 9.53 Å². The number of hydrogen-bond donors (Lipinski definition) is 1. The second kappa shape index (κ2) is 9.12. The molecule has 136 valence electrons. The fourth-order valence-corrected chi connectivity index (χ4v) is 4.26. The third-order valence-corrected chi connectivity index (χ3v) is 5.72. The predicted molar refractivity (Wildman–Crippen MR) is 101 cm³/mol. The molecule has 0 spiro atoms. The molecule has 1 aromatic heterocycles. The van der Waals surface area contributed by atoms with E-state index >= 15 is 0 Å². The zero-order chi connectivity index (χ0) is 17.5. The quantitative estimate of drug-likeness (QED) is 0.842. The molecule has 1 atom stereocenters. The predicted octanol–water partition coefficient (Wildman–Crippen LogP) is 2.55. The molecule has 1 aromatic carbocycles. The van der Waals surface area contributed by atoms with Gasteiger partial charge in [-0.15, -0.1) is 0 Å². The summed E-state index contributed by atoms with van der Waals surface area (Å²) >= 11 is 1.62. The van der Waals surface area contributed by atoms with Crippen molar-refractivity contribution >= 4 is 33.9 Å². The van der Waals surface area contributed by atoms with Gasteiger partial charge in [0.25, 0.3) is 6.47 Å². The molecule has 2 saturated heterocycles. The Bertz CT molecular complexity index is 664. The standard InChI is InChI=1S/C17H23N3OS.CH2O2/c1-2-4-16-15(3-1)17(18-22-16)20-10-8-19(9-11-20)7-5-14-6-12-21-13-14;2-1-3/h1-4,14H,5-13H2;1H,(H,2,3). The molecular formula is C18H25N3O3S. The molecule has 2 fully saturated rings. The molecule has 2 aromatic rings. The van der Waals surface area contributed by atoms with Gasteiger partial charge in [-0.3, -0.25) is 9.69 Å². The monoisotopic (exact) mass is 363 g/mol. The number of rotatable bonds is 4. The molecule has 1 N–H and O–H groups in total. The van der Waals surface area contributed by atoms with E-state index in [0.29, 0.717) is 0 Å². The van der Waals surface area contributed by atoms with Gasteiger partial charge < -0.3 is 14.7 Å². The average molecular weight is 363 g/mol. The number of benzene rings is 1. The largest absolute Gasteiger partial charge is 0.483 e. The molecule has 25 heavy (non-hydrogen) atoms. The molecule has 6 nitrogen and oxygen atoms in total. The van der Waals surface area contributed by atoms with Gasteiger partial charge in [0, 0.05) is 44.8 Å². The molecule has 3 heterocycles. The smallest absolute Gasteiger partial charge is 0.290 e. The Morgan fingerprint density at radius 2 is 2.04 bits per heavy atom. The molecule has 0 saturated carbocycles. The van der Waals surface area contributed by atoms with Gasteiger partial charge in [0.05, 0.1) is 4.70 Å². The second-order valence-electron chi connectivity index (χ2n) is 6.45. The van der Waals surface area contributed by atoms with E-state index in [-0.39, 0.29) is 6.47 Å². The minimum Gasteiger partial charge on any atom is -0.483 e. The molecule has 4 rings (SSSR count). The number of hydrogen-bond acceptors (Lipinski definition) is 6. The van der Waals surface area contributed by atoms with Crippen LogP contribution in [0.4, 0.5) is 5.82 Å². The summed E-state index contributed by atoms with van der Waals surface area (Å²) < 4.78 is 11.4. The van der Waals surface area contributed by atoms with Gasteiger partial charge in [-0.2, -0.15) is 4.37 Å². The van der Waals surface area contributed by atoms with Crippen molar-refractivity contribution in [3.05, 3.63) is 24.3 Å². The molecule has 0 aliphatic carbocycles. The first kappa shape index (κ1) is 18.1. The van der Waals surface area contributed by atoms with Crippen molar-refractivity contribution in [3.63, 3.8) is 0 Å². The van der Waals surface area contributed by atoms with Crippen molar-refractivity contribution < 1.29 is 14.6 Å². The lowest BCUT2D eigenvalue weighted by atomic mass is 10.0. The number of fused-ring (bicyclic) bond motifs is 1. The summed E-state index contributed by atoms with van der Waals surface area (Å²) in [7, 11) is 0. The van der Waals surface area contributed by atoms with Crippen LogP contribution in [0, 0.1) is 5.92 Å². The first-order valence-corrected chi connectivity index (χ1v) is 9.56. The Balaban J connectivity index is 0.000000569. The van der Waals surface area contributed by atoms with Gasteiger partial charge in [0.15, 0.2) is 0 Å². The minimum absolute atomic E-state index is 0.250.